The third-order valence-corrected chi connectivity index (χ3v) is 2.08. The molecule has 0 atom stereocenters. The van der Waals surface area contributed by atoms with E-state index in [-0.39, 0.29) is 11.5 Å². The number of hydrogen-bond acceptors (Lipinski definition) is 2. The van der Waals surface area contributed by atoms with E-state index in [4.69, 9.17) is 0 Å². The molecule has 0 aliphatic carbocycles. The van der Waals surface area contributed by atoms with Crippen molar-refractivity contribution in [2.75, 3.05) is 0 Å². The maximum Gasteiger partial charge on any atom is 0.125 e. The fourth-order valence-corrected chi connectivity index (χ4v) is 1.37. The van der Waals surface area contributed by atoms with E-state index >= 15 is 0 Å². The van der Waals surface area contributed by atoms with Gasteiger partial charge in [-0.1, -0.05) is 6.07 Å². The van der Waals surface area contributed by atoms with Gasteiger partial charge in [-0.25, -0.2) is 0 Å². The Kier molecular flexibility index (Phi) is 1.91. The molecule has 0 aliphatic heterocycles. The predicted octanol–water partition coefficient (Wildman–Crippen LogP) is 0.508. The molecule has 57 valence electrons. The highest BCUT2D eigenvalue weighted by Crippen LogP contribution is 2.26. The third-order valence-electron chi connectivity index (χ3n) is 1.70. The molecule has 1 aromatic carbocycles. The van der Waals surface area contributed by atoms with Crippen LogP contribution in [0.4, 0.5) is 0 Å². The van der Waals surface area contributed by atoms with Gasteiger partial charge in [0.25, 0.3) is 0 Å². The van der Waals surface area contributed by atoms with E-state index in [2.05, 4.69) is 10.2 Å². The molecule has 2 N–H and O–H groups in total. The van der Waals surface area contributed by atoms with Crippen LogP contribution in [0, 0.1) is 13.8 Å². The minimum atomic E-state index is 0.102. The Balaban J connectivity index is 3.46. The third kappa shape index (κ3) is 1.23. The fourth-order valence-electron chi connectivity index (χ4n) is 0.963. The van der Waals surface area contributed by atoms with Crippen LogP contribution >= 0.6 is 0 Å². The minimum Gasteiger partial charge on any atom is -0.508 e. The molecule has 0 heterocycles. The van der Waals surface area contributed by atoms with E-state index in [1.807, 2.05) is 0 Å². The van der Waals surface area contributed by atoms with Crippen LogP contribution in [-0.2, 0) is 0 Å². The van der Waals surface area contributed by atoms with Gasteiger partial charge in [-0.05, 0) is 24.6 Å². The van der Waals surface area contributed by atoms with Crippen LogP contribution in [-0.4, -0.2) is 20.5 Å². The minimum absolute atomic E-state index is 0.102. The molecule has 2 nitrogen and oxygen atoms in total. The van der Waals surface area contributed by atoms with Crippen LogP contribution in [0.5, 0.6) is 11.5 Å². The highest BCUT2D eigenvalue weighted by Gasteiger charge is 2.07. The summed E-state index contributed by atoms with van der Waals surface area (Å²) in [6, 6.07) is 1.68. The molecular weight excluding hydrogens is 156 g/mol. The molecule has 1 rings (SSSR count). The number of benzene rings is 1. The van der Waals surface area contributed by atoms with E-state index in [1.54, 1.807) is 19.9 Å². The van der Waals surface area contributed by atoms with Gasteiger partial charge in [-0.15, -0.1) is 0 Å². The van der Waals surface area contributed by atoms with E-state index in [9.17, 15) is 10.2 Å². The molecule has 3 heteroatoms. The first-order chi connectivity index (χ1) is 5.04. The normalized spacial score (nSPS) is 10.1. The van der Waals surface area contributed by atoms with Crippen LogP contribution in [0.1, 0.15) is 11.1 Å². The largest absolute Gasteiger partial charge is 0.508 e. The van der Waals surface area contributed by atoms with E-state index in [0.717, 1.165) is 5.56 Å². The quantitative estimate of drug-likeness (QED) is 0.550. The van der Waals surface area contributed by atoms with Gasteiger partial charge in [-0.2, -0.15) is 0 Å². The summed E-state index contributed by atoms with van der Waals surface area (Å²) in [5, 5.41) is 19.2. The molecule has 1 aromatic rings. The summed E-state index contributed by atoms with van der Waals surface area (Å²) in [5.74, 6) is 0.259. The van der Waals surface area contributed by atoms with Crippen LogP contribution in [0.2, 0.25) is 0 Å². The van der Waals surface area contributed by atoms with Crippen molar-refractivity contribution in [1.82, 2.24) is 0 Å². The summed E-state index contributed by atoms with van der Waals surface area (Å²) < 4.78 is 0. The van der Waals surface area contributed by atoms with Gasteiger partial charge in [0, 0.05) is 5.56 Å². The maximum absolute atomic E-state index is 9.33. The summed E-state index contributed by atoms with van der Waals surface area (Å²) >= 11 is 0. The molecule has 0 bridgehead atoms. The van der Waals surface area contributed by atoms with Crippen LogP contribution < -0.4 is 5.19 Å². The summed E-state index contributed by atoms with van der Waals surface area (Å²) in [6.45, 7) is 3.45. The molecular formula is C8H9O2Si. The lowest BCUT2D eigenvalue weighted by Crippen LogP contribution is -2.05. The average Bonchev–Trinajstić information content (AvgIpc) is 1.97. The number of phenolic OH excluding ortho intramolecular Hbond substituents is 2. The summed E-state index contributed by atoms with van der Waals surface area (Å²) in [7, 11) is 3.22. The summed E-state index contributed by atoms with van der Waals surface area (Å²) in [6.07, 6.45) is 0. The van der Waals surface area contributed by atoms with Crippen molar-refractivity contribution >= 4 is 15.4 Å². The lowest BCUT2D eigenvalue weighted by molar-refractivity contribution is 0.443. The number of aromatic hydroxyl groups is 2. The first kappa shape index (κ1) is 8.14. The Morgan fingerprint density at radius 2 is 1.73 bits per heavy atom. The van der Waals surface area contributed by atoms with Gasteiger partial charge in [0.05, 0.1) is 10.2 Å². The monoisotopic (exact) mass is 165 g/mol. The fraction of sp³-hybridized carbons (Fsp3) is 0.250. The molecule has 0 saturated carbocycles. The summed E-state index contributed by atoms with van der Waals surface area (Å²) in [5.41, 5.74) is 1.26. The number of aryl methyl sites for hydroxylation is 1. The van der Waals surface area contributed by atoms with Gasteiger partial charge < -0.3 is 10.2 Å². The lowest BCUT2D eigenvalue weighted by Gasteiger charge is -2.07. The highest BCUT2D eigenvalue weighted by molar-refractivity contribution is 6.34. The maximum atomic E-state index is 9.33. The van der Waals surface area contributed by atoms with E-state index < -0.39 is 0 Å². The Hall–Kier alpha value is -0.963. The second kappa shape index (κ2) is 2.58. The number of hydrogen-bond donors (Lipinski definition) is 2. The van der Waals surface area contributed by atoms with Gasteiger partial charge in [0.2, 0.25) is 0 Å². The zero-order chi connectivity index (χ0) is 8.59. The predicted molar refractivity (Wildman–Crippen MR) is 44.6 cm³/mol. The Morgan fingerprint density at radius 1 is 1.18 bits per heavy atom. The first-order valence-electron chi connectivity index (χ1n) is 3.27. The second-order valence-electron chi connectivity index (χ2n) is 2.56. The SMILES string of the molecule is Cc1cc([Si])c(O)c(C)c1O. The standard InChI is InChI=1S/C8H9O2Si/c1-4-3-6(11)8(10)5(2)7(4)9/h3,9-10H,1-2H3. The van der Waals surface area contributed by atoms with Crippen molar-refractivity contribution in [1.29, 1.82) is 0 Å². The zero-order valence-electron chi connectivity index (χ0n) is 6.47. The summed E-state index contributed by atoms with van der Waals surface area (Å²) in [4.78, 5) is 0. The average molecular weight is 165 g/mol. The molecule has 0 fully saturated rings. The van der Waals surface area contributed by atoms with Gasteiger partial charge in [0.15, 0.2) is 0 Å². The van der Waals surface area contributed by atoms with Crippen LogP contribution in [0.15, 0.2) is 6.07 Å². The van der Waals surface area contributed by atoms with Crippen LogP contribution in [0.3, 0.4) is 0 Å². The smallest absolute Gasteiger partial charge is 0.125 e. The van der Waals surface area contributed by atoms with Crippen molar-refractivity contribution in [3.8, 4) is 11.5 Å². The van der Waals surface area contributed by atoms with Gasteiger partial charge >= 0.3 is 0 Å². The van der Waals surface area contributed by atoms with Crippen LogP contribution in [0.25, 0.3) is 0 Å². The molecule has 3 radical (unpaired) electrons. The van der Waals surface area contributed by atoms with Gasteiger partial charge in [-0.3, -0.25) is 0 Å². The first-order valence-corrected chi connectivity index (χ1v) is 3.77. The van der Waals surface area contributed by atoms with Crippen molar-refractivity contribution in [3.63, 3.8) is 0 Å². The van der Waals surface area contributed by atoms with Crippen molar-refractivity contribution in [3.05, 3.63) is 17.2 Å². The van der Waals surface area contributed by atoms with Gasteiger partial charge in [0.1, 0.15) is 11.5 Å². The van der Waals surface area contributed by atoms with E-state index in [0.29, 0.717) is 10.8 Å². The van der Waals surface area contributed by atoms with E-state index in [1.165, 1.54) is 0 Å². The Bertz CT molecular complexity index is 268. The highest BCUT2D eigenvalue weighted by atomic mass is 28.1. The van der Waals surface area contributed by atoms with Crippen molar-refractivity contribution in [2.45, 2.75) is 13.8 Å². The Morgan fingerprint density at radius 3 is 2.27 bits per heavy atom. The van der Waals surface area contributed by atoms with Crippen molar-refractivity contribution in [2.24, 2.45) is 0 Å². The van der Waals surface area contributed by atoms with Crippen molar-refractivity contribution < 1.29 is 10.2 Å². The molecule has 0 amide bonds. The number of phenols is 2. The molecule has 0 unspecified atom stereocenters. The number of rotatable bonds is 0. The molecule has 0 aliphatic rings. The Labute approximate surface area is 68.9 Å². The topological polar surface area (TPSA) is 40.5 Å². The second-order valence-corrected chi connectivity index (χ2v) is 3.10. The molecule has 11 heavy (non-hydrogen) atoms. The molecule has 0 spiro atoms. The zero-order valence-corrected chi connectivity index (χ0v) is 7.47. The molecule has 0 aromatic heterocycles. The molecule has 0 saturated heterocycles. The lowest BCUT2D eigenvalue weighted by atomic mass is 10.1.